The van der Waals surface area contributed by atoms with Gasteiger partial charge < -0.3 is 4.90 Å². The Kier molecular flexibility index (Phi) is 4.71. The molecular weight excluding hydrogens is 246 g/mol. The summed E-state index contributed by atoms with van der Waals surface area (Å²) in [6, 6.07) is 0.104. The number of nitrogens with zero attached hydrogens (tertiary/aromatic N) is 1. The molecule has 2 aliphatic rings. The highest BCUT2D eigenvalue weighted by Gasteiger charge is 2.31. The zero-order valence-corrected chi connectivity index (χ0v) is 12.3. The Hall–Kier alpha value is -0.500. The molecule has 1 unspecified atom stereocenters. The first-order chi connectivity index (χ1) is 8.63. The van der Waals surface area contributed by atoms with Crippen molar-refractivity contribution in [1.82, 2.24) is 4.90 Å². The van der Waals surface area contributed by atoms with Gasteiger partial charge in [0.25, 0.3) is 0 Å². The Bertz CT molecular complexity index is 350. The van der Waals surface area contributed by atoms with Gasteiger partial charge in [-0.15, -0.1) is 11.6 Å². The Morgan fingerprint density at radius 2 is 2.28 bits per heavy atom. The van der Waals surface area contributed by atoms with E-state index >= 15 is 0 Å². The van der Waals surface area contributed by atoms with Crippen LogP contribution in [0.2, 0.25) is 0 Å². The van der Waals surface area contributed by atoms with Crippen molar-refractivity contribution >= 4 is 17.4 Å². The largest absolute Gasteiger partial charge is 0.365 e. The maximum Gasteiger partial charge on any atom is 0.152 e. The van der Waals surface area contributed by atoms with Crippen LogP contribution in [-0.2, 0) is 4.79 Å². The maximum absolute atomic E-state index is 11.9. The molecule has 0 spiro atoms. The molecule has 1 heterocycles. The minimum absolute atomic E-state index is 0.104. The molecule has 3 heteroatoms. The highest BCUT2D eigenvalue weighted by Crippen LogP contribution is 2.37. The fourth-order valence-corrected chi connectivity index (χ4v) is 3.64. The van der Waals surface area contributed by atoms with Crippen molar-refractivity contribution in [3.63, 3.8) is 0 Å². The molecule has 0 saturated carbocycles. The van der Waals surface area contributed by atoms with E-state index in [2.05, 4.69) is 11.8 Å². The number of hydrogen-bond acceptors (Lipinski definition) is 2. The van der Waals surface area contributed by atoms with Gasteiger partial charge in [-0.1, -0.05) is 13.3 Å². The standard InChI is InChI=1S/C15H24ClNO/c1-3-5-14(11(2)18)17-9-4-6-12-10-13(16)7-8-15(12)17/h13-14H,3-10H2,1-2H3/t13?,14-/m1/s1. The highest BCUT2D eigenvalue weighted by atomic mass is 35.5. The monoisotopic (exact) mass is 269 g/mol. The first-order valence-electron chi connectivity index (χ1n) is 7.25. The lowest BCUT2D eigenvalue weighted by Crippen LogP contribution is -2.43. The van der Waals surface area contributed by atoms with E-state index in [1.54, 1.807) is 6.92 Å². The molecule has 1 aliphatic heterocycles. The molecule has 102 valence electrons. The number of halogens is 1. The first-order valence-corrected chi connectivity index (χ1v) is 7.69. The summed E-state index contributed by atoms with van der Waals surface area (Å²) in [5.74, 6) is 0.318. The number of hydrogen-bond donors (Lipinski definition) is 0. The van der Waals surface area contributed by atoms with Gasteiger partial charge in [0.2, 0.25) is 0 Å². The fraction of sp³-hybridized carbons (Fsp3) is 0.800. The van der Waals surface area contributed by atoms with Crippen LogP contribution < -0.4 is 0 Å². The van der Waals surface area contributed by atoms with E-state index < -0.39 is 0 Å². The molecule has 2 atom stereocenters. The molecule has 0 amide bonds. The van der Waals surface area contributed by atoms with E-state index in [-0.39, 0.29) is 6.04 Å². The topological polar surface area (TPSA) is 20.3 Å². The number of rotatable bonds is 4. The van der Waals surface area contributed by atoms with Crippen LogP contribution >= 0.6 is 11.6 Å². The van der Waals surface area contributed by atoms with E-state index in [9.17, 15) is 4.79 Å². The third-order valence-electron chi connectivity index (χ3n) is 4.20. The highest BCUT2D eigenvalue weighted by molar-refractivity contribution is 6.20. The summed E-state index contributed by atoms with van der Waals surface area (Å²) in [7, 11) is 0. The van der Waals surface area contributed by atoms with Crippen molar-refractivity contribution in [3.05, 3.63) is 11.3 Å². The van der Waals surface area contributed by atoms with Crippen LogP contribution in [-0.4, -0.2) is 28.6 Å². The number of ketones is 1. The molecule has 0 bridgehead atoms. The quantitative estimate of drug-likeness (QED) is 0.722. The summed E-state index contributed by atoms with van der Waals surface area (Å²) in [4.78, 5) is 14.3. The summed E-state index contributed by atoms with van der Waals surface area (Å²) in [5, 5.41) is 0.311. The van der Waals surface area contributed by atoms with Crippen molar-refractivity contribution in [3.8, 4) is 0 Å². The zero-order valence-electron chi connectivity index (χ0n) is 11.5. The van der Waals surface area contributed by atoms with Gasteiger partial charge in [-0.2, -0.15) is 0 Å². The minimum atomic E-state index is 0.104. The SMILES string of the molecule is CCC[C@H](C(C)=O)N1CCCC2=C1CCC(Cl)C2. The predicted molar refractivity (Wildman–Crippen MR) is 75.8 cm³/mol. The van der Waals surface area contributed by atoms with E-state index in [4.69, 9.17) is 11.6 Å². The second-order valence-corrected chi connectivity index (χ2v) is 6.22. The van der Waals surface area contributed by atoms with Crippen molar-refractivity contribution in [2.45, 2.75) is 70.2 Å². The van der Waals surface area contributed by atoms with Crippen LogP contribution in [0.25, 0.3) is 0 Å². The summed E-state index contributed by atoms with van der Waals surface area (Å²) in [6.45, 7) is 4.95. The van der Waals surface area contributed by atoms with Crippen LogP contribution in [0.15, 0.2) is 11.3 Å². The van der Waals surface area contributed by atoms with Crippen molar-refractivity contribution in [2.24, 2.45) is 0 Å². The van der Waals surface area contributed by atoms with Gasteiger partial charge in [-0.3, -0.25) is 4.79 Å². The molecule has 0 aromatic heterocycles. The fourth-order valence-electron chi connectivity index (χ4n) is 3.34. The van der Waals surface area contributed by atoms with Crippen LogP contribution in [0, 0.1) is 0 Å². The van der Waals surface area contributed by atoms with Crippen molar-refractivity contribution in [1.29, 1.82) is 0 Å². The van der Waals surface area contributed by atoms with Gasteiger partial charge in [0.1, 0.15) is 0 Å². The first kappa shape index (κ1) is 13.9. The second kappa shape index (κ2) is 6.10. The lowest BCUT2D eigenvalue weighted by Gasteiger charge is -2.41. The van der Waals surface area contributed by atoms with Crippen molar-refractivity contribution < 1.29 is 4.79 Å². The number of carbonyl (C=O) groups excluding carboxylic acids is 1. The maximum atomic E-state index is 11.9. The van der Waals surface area contributed by atoms with Crippen LogP contribution in [0.3, 0.4) is 0 Å². The van der Waals surface area contributed by atoms with E-state index in [1.165, 1.54) is 24.1 Å². The third-order valence-corrected chi connectivity index (χ3v) is 4.57. The number of alkyl halides is 1. The Labute approximate surface area is 115 Å². The number of Topliss-reactive ketones (excluding diaryl/α,β-unsaturated/α-hetero) is 1. The van der Waals surface area contributed by atoms with Gasteiger partial charge in [0.15, 0.2) is 5.78 Å². The molecular formula is C15H24ClNO. The van der Waals surface area contributed by atoms with E-state index in [0.717, 1.165) is 38.6 Å². The summed E-state index contributed by atoms with van der Waals surface area (Å²) in [6.07, 6.45) is 7.58. The molecule has 0 aromatic carbocycles. The molecule has 0 fully saturated rings. The molecule has 0 radical (unpaired) electrons. The summed E-state index contributed by atoms with van der Waals surface area (Å²) in [5.41, 5.74) is 2.97. The number of allylic oxidation sites excluding steroid dienone is 2. The summed E-state index contributed by atoms with van der Waals surface area (Å²) < 4.78 is 0. The molecule has 0 aromatic rings. The molecule has 0 saturated heterocycles. The van der Waals surface area contributed by atoms with Gasteiger partial charge in [-0.25, -0.2) is 0 Å². The molecule has 0 N–H and O–H groups in total. The summed E-state index contributed by atoms with van der Waals surface area (Å²) >= 11 is 6.27. The Balaban J connectivity index is 2.21. The van der Waals surface area contributed by atoms with Gasteiger partial charge in [0, 0.05) is 17.6 Å². The van der Waals surface area contributed by atoms with Gasteiger partial charge >= 0.3 is 0 Å². The van der Waals surface area contributed by atoms with Gasteiger partial charge in [0.05, 0.1) is 6.04 Å². The minimum Gasteiger partial charge on any atom is -0.365 e. The lowest BCUT2D eigenvalue weighted by atomic mass is 9.87. The molecule has 2 nitrogen and oxygen atoms in total. The van der Waals surface area contributed by atoms with E-state index in [1.807, 2.05) is 0 Å². The molecule has 18 heavy (non-hydrogen) atoms. The van der Waals surface area contributed by atoms with Crippen LogP contribution in [0.5, 0.6) is 0 Å². The second-order valence-electron chi connectivity index (χ2n) is 5.60. The molecule has 2 rings (SSSR count). The van der Waals surface area contributed by atoms with E-state index in [0.29, 0.717) is 11.2 Å². The lowest BCUT2D eigenvalue weighted by molar-refractivity contribution is -0.122. The molecule has 1 aliphatic carbocycles. The third kappa shape index (κ3) is 2.90. The average molecular weight is 270 g/mol. The Morgan fingerprint density at radius 1 is 1.50 bits per heavy atom. The predicted octanol–water partition coefficient (Wildman–Crippen LogP) is 3.89. The average Bonchev–Trinajstić information content (AvgIpc) is 2.34. The van der Waals surface area contributed by atoms with Crippen molar-refractivity contribution in [2.75, 3.05) is 6.54 Å². The zero-order chi connectivity index (χ0) is 13.1. The van der Waals surface area contributed by atoms with Crippen LogP contribution in [0.1, 0.15) is 58.8 Å². The van der Waals surface area contributed by atoms with Gasteiger partial charge in [-0.05, 0) is 51.0 Å². The normalized spacial score (nSPS) is 25.9. The van der Waals surface area contributed by atoms with Crippen LogP contribution in [0.4, 0.5) is 0 Å². The smallest absolute Gasteiger partial charge is 0.152 e. The Morgan fingerprint density at radius 3 is 2.94 bits per heavy atom. The number of carbonyl (C=O) groups is 1.